The molecule has 1 atom stereocenters. The first-order valence-corrected chi connectivity index (χ1v) is 7.76. The molecule has 0 saturated carbocycles. The Labute approximate surface area is 138 Å². The highest BCUT2D eigenvalue weighted by molar-refractivity contribution is 9.10. The molecule has 0 aliphatic rings. The van der Waals surface area contributed by atoms with Crippen LogP contribution in [0.25, 0.3) is 0 Å². The van der Waals surface area contributed by atoms with Gasteiger partial charge in [-0.05, 0) is 35.9 Å². The third-order valence-corrected chi connectivity index (χ3v) is 4.43. The summed E-state index contributed by atoms with van der Waals surface area (Å²) in [5.41, 5.74) is 8.05. The average molecular weight is 370 g/mol. The molecule has 0 spiro atoms. The van der Waals surface area contributed by atoms with Gasteiger partial charge in [-0.15, -0.1) is 0 Å². The molecule has 0 amide bonds. The molecule has 0 aliphatic heterocycles. The summed E-state index contributed by atoms with van der Waals surface area (Å²) in [7, 11) is 3.67. The molecule has 0 saturated heterocycles. The van der Waals surface area contributed by atoms with Crippen LogP contribution in [0.15, 0.2) is 46.9 Å². The molecule has 3 nitrogen and oxygen atoms in total. The largest absolute Gasteiger partial charge is 0.495 e. The molecular weight excluding hydrogens is 352 g/mol. The maximum Gasteiger partial charge on any atom is 0.142 e. The fourth-order valence-electron chi connectivity index (χ4n) is 2.35. The fraction of sp³-hybridized carbons (Fsp3) is 0.250. The second kappa shape index (κ2) is 7.16. The number of halogens is 2. The molecule has 0 radical (unpaired) electrons. The topological polar surface area (TPSA) is 38.5 Å². The van der Waals surface area contributed by atoms with Crippen LogP contribution in [-0.4, -0.2) is 20.7 Å². The second-order valence-electron chi connectivity index (χ2n) is 4.70. The Hall–Kier alpha value is -1.23. The van der Waals surface area contributed by atoms with Crippen molar-refractivity contribution in [3.05, 3.63) is 57.5 Å². The minimum atomic E-state index is -0.00521. The maximum atomic E-state index is 6.12. The zero-order chi connectivity index (χ0) is 15.4. The minimum absolute atomic E-state index is 0.00521. The highest BCUT2D eigenvalue weighted by Crippen LogP contribution is 2.35. The van der Waals surface area contributed by atoms with E-state index in [4.69, 9.17) is 22.1 Å². The molecule has 5 heteroatoms. The van der Waals surface area contributed by atoms with E-state index in [0.717, 1.165) is 21.5 Å². The van der Waals surface area contributed by atoms with Crippen molar-refractivity contribution in [3.8, 4) is 5.75 Å². The smallest absolute Gasteiger partial charge is 0.142 e. The summed E-state index contributed by atoms with van der Waals surface area (Å²) < 4.78 is 6.42. The van der Waals surface area contributed by atoms with E-state index in [2.05, 4.69) is 20.8 Å². The lowest BCUT2D eigenvalue weighted by atomic mass is 10.0. The van der Waals surface area contributed by atoms with E-state index in [9.17, 15) is 0 Å². The van der Waals surface area contributed by atoms with Gasteiger partial charge in [0, 0.05) is 23.1 Å². The van der Waals surface area contributed by atoms with Crippen molar-refractivity contribution >= 4 is 33.2 Å². The van der Waals surface area contributed by atoms with E-state index in [0.29, 0.717) is 11.6 Å². The zero-order valence-corrected chi connectivity index (χ0v) is 14.4. The summed E-state index contributed by atoms with van der Waals surface area (Å²) in [5, 5.41) is 0.695. The van der Waals surface area contributed by atoms with Crippen molar-refractivity contribution in [2.75, 3.05) is 25.6 Å². The summed E-state index contributed by atoms with van der Waals surface area (Å²) in [6, 6.07) is 13.6. The normalized spacial score (nSPS) is 12.0. The van der Waals surface area contributed by atoms with Crippen LogP contribution in [0.5, 0.6) is 5.75 Å². The van der Waals surface area contributed by atoms with E-state index in [1.54, 1.807) is 7.11 Å². The number of nitrogens with two attached hydrogens (primary N) is 1. The van der Waals surface area contributed by atoms with Crippen LogP contribution >= 0.6 is 27.5 Å². The first-order chi connectivity index (χ1) is 10.1. The highest BCUT2D eigenvalue weighted by atomic mass is 79.9. The number of anilines is 1. The highest BCUT2D eigenvalue weighted by Gasteiger charge is 2.21. The molecule has 0 heterocycles. The van der Waals surface area contributed by atoms with E-state index in [-0.39, 0.29) is 6.04 Å². The van der Waals surface area contributed by atoms with E-state index < -0.39 is 0 Å². The predicted molar refractivity (Wildman–Crippen MR) is 92.3 cm³/mol. The number of ether oxygens (including phenoxy) is 1. The average Bonchev–Trinajstić information content (AvgIpc) is 2.51. The van der Waals surface area contributed by atoms with Crippen LogP contribution in [0.4, 0.5) is 5.69 Å². The van der Waals surface area contributed by atoms with Gasteiger partial charge in [-0.25, -0.2) is 0 Å². The van der Waals surface area contributed by atoms with Gasteiger partial charge in [-0.1, -0.05) is 39.7 Å². The van der Waals surface area contributed by atoms with Crippen LogP contribution in [0.2, 0.25) is 5.02 Å². The molecule has 112 valence electrons. The predicted octanol–water partition coefficient (Wildman–Crippen LogP) is 4.25. The number of hydrogen-bond donors (Lipinski definition) is 1. The Morgan fingerprint density at radius 1 is 1.29 bits per heavy atom. The Morgan fingerprint density at radius 3 is 2.67 bits per heavy atom. The Kier molecular flexibility index (Phi) is 5.51. The van der Waals surface area contributed by atoms with Gasteiger partial charge < -0.3 is 15.4 Å². The van der Waals surface area contributed by atoms with Gasteiger partial charge in [0.1, 0.15) is 5.75 Å². The molecule has 2 N–H and O–H groups in total. The van der Waals surface area contributed by atoms with Gasteiger partial charge in [-0.2, -0.15) is 0 Å². The fourth-order valence-corrected chi connectivity index (χ4v) is 3.04. The SMILES string of the molecule is COc1ccccc1N(C)C(CN)c1cc(Cl)ccc1Br. The summed E-state index contributed by atoms with van der Waals surface area (Å²) in [6.07, 6.45) is 0. The molecular formula is C16H18BrClN2O. The van der Waals surface area contributed by atoms with E-state index >= 15 is 0 Å². The third kappa shape index (κ3) is 3.51. The molecule has 0 aliphatic carbocycles. The molecule has 21 heavy (non-hydrogen) atoms. The Bertz CT molecular complexity index is 621. The van der Waals surface area contributed by atoms with Crippen molar-refractivity contribution in [2.24, 2.45) is 5.73 Å². The molecule has 0 aromatic heterocycles. The second-order valence-corrected chi connectivity index (χ2v) is 5.99. The monoisotopic (exact) mass is 368 g/mol. The number of methoxy groups -OCH3 is 1. The summed E-state index contributed by atoms with van der Waals surface area (Å²) in [5.74, 6) is 0.816. The molecule has 0 bridgehead atoms. The number of benzene rings is 2. The van der Waals surface area contributed by atoms with Crippen LogP contribution in [0, 0.1) is 0 Å². The van der Waals surface area contributed by atoms with Gasteiger partial charge in [0.2, 0.25) is 0 Å². The first-order valence-electron chi connectivity index (χ1n) is 6.59. The van der Waals surface area contributed by atoms with Crippen molar-refractivity contribution < 1.29 is 4.74 Å². The van der Waals surface area contributed by atoms with Gasteiger partial charge in [0.05, 0.1) is 18.8 Å². The minimum Gasteiger partial charge on any atom is -0.495 e. The van der Waals surface area contributed by atoms with Crippen LogP contribution in [0.3, 0.4) is 0 Å². The van der Waals surface area contributed by atoms with E-state index in [1.807, 2.05) is 49.5 Å². The van der Waals surface area contributed by atoms with Gasteiger partial charge >= 0.3 is 0 Å². The Balaban J connectivity index is 2.43. The van der Waals surface area contributed by atoms with Crippen molar-refractivity contribution in [1.82, 2.24) is 0 Å². The third-order valence-electron chi connectivity index (χ3n) is 3.47. The number of hydrogen-bond acceptors (Lipinski definition) is 3. The quantitative estimate of drug-likeness (QED) is 0.856. The number of likely N-dealkylation sites (N-methyl/N-ethyl adjacent to an activating group) is 1. The lowest BCUT2D eigenvalue weighted by Gasteiger charge is -2.31. The number of rotatable bonds is 5. The van der Waals surface area contributed by atoms with Gasteiger partial charge in [0.15, 0.2) is 0 Å². The van der Waals surface area contributed by atoms with Crippen molar-refractivity contribution in [2.45, 2.75) is 6.04 Å². The molecule has 2 aromatic rings. The van der Waals surface area contributed by atoms with Crippen LogP contribution in [0.1, 0.15) is 11.6 Å². The maximum absolute atomic E-state index is 6.12. The molecule has 1 unspecified atom stereocenters. The number of para-hydroxylation sites is 2. The summed E-state index contributed by atoms with van der Waals surface area (Å²) >= 11 is 9.70. The standard InChI is InChI=1S/C16H18BrClN2O/c1-20(14-5-3-4-6-16(14)21-2)15(10-19)12-9-11(18)7-8-13(12)17/h3-9,15H,10,19H2,1-2H3. The Morgan fingerprint density at radius 2 is 2.00 bits per heavy atom. The lowest BCUT2D eigenvalue weighted by Crippen LogP contribution is -2.31. The molecule has 2 rings (SSSR count). The lowest BCUT2D eigenvalue weighted by molar-refractivity contribution is 0.413. The number of nitrogens with zero attached hydrogens (tertiary/aromatic N) is 1. The van der Waals surface area contributed by atoms with Crippen LogP contribution in [-0.2, 0) is 0 Å². The summed E-state index contributed by atoms with van der Waals surface area (Å²) in [4.78, 5) is 2.11. The van der Waals surface area contributed by atoms with Crippen molar-refractivity contribution in [1.29, 1.82) is 0 Å². The molecule has 0 fully saturated rings. The molecule has 2 aromatic carbocycles. The van der Waals surface area contributed by atoms with Crippen molar-refractivity contribution in [3.63, 3.8) is 0 Å². The first kappa shape index (κ1) is 16.1. The van der Waals surface area contributed by atoms with Crippen LogP contribution < -0.4 is 15.4 Å². The zero-order valence-electron chi connectivity index (χ0n) is 12.0. The summed E-state index contributed by atoms with van der Waals surface area (Å²) in [6.45, 7) is 0.466. The van der Waals surface area contributed by atoms with Gasteiger partial charge in [0.25, 0.3) is 0 Å². The van der Waals surface area contributed by atoms with Gasteiger partial charge in [-0.3, -0.25) is 0 Å². The van der Waals surface area contributed by atoms with E-state index in [1.165, 1.54) is 0 Å².